The lowest BCUT2D eigenvalue weighted by molar-refractivity contribution is 0.135. The Morgan fingerprint density at radius 3 is 2.40 bits per heavy atom. The third kappa shape index (κ3) is 5.34. The van der Waals surface area contributed by atoms with Gasteiger partial charge in [-0.15, -0.1) is 0 Å². The number of aliphatic hydroxyl groups excluding tert-OH is 1. The molecule has 0 spiro atoms. The molecule has 0 amide bonds. The van der Waals surface area contributed by atoms with Crippen LogP contribution in [0.3, 0.4) is 0 Å². The summed E-state index contributed by atoms with van der Waals surface area (Å²) in [6.45, 7) is 8.53. The third-order valence-corrected chi connectivity index (χ3v) is 4.95. The van der Waals surface area contributed by atoms with Crippen molar-refractivity contribution in [1.82, 2.24) is 10.2 Å². The zero-order valence-corrected chi connectivity index (χ0v) is 13.5. The van der Waals surface area contributed by atoms with Gasteiger partial charge in [0.15, 0.2) is 0 Å². The minimum absolute atomic E-state index is 0.0152. The fourth-order valence-electron chi connectivity index (χ4n) is 3.17. The minimum atomic E-state index is -0.0152. The highest BCUT2D eigenvalue weighted by Gasteiger charge is 2.34. The van der Waals surface area contributed by atoms with Gasteiger partial charge >= 0.3 is 0 Å². The molecule has 0 radical (unpaired) electrons. The lowest BCUT2D eigenvalue weighted by Gasteiger charge is -2.33. The van der Waals surface area contributed by atoms with Gasteiger partial charge in [0.05, 0.1) is 6.61 Å². The van der Waals surface area contributed by atoms with Crippen molar-refractivity contribution in [3.8, 4) is 0 Å². The van der Waals surface area contributed by atoms with Gasteiger partial charge in [0.25, 0.3) is 0 Å². The smallest absolute Gasteiger partial charge is 0.0613 e. The van der Waals surface area contributed by atoms with E-state index in [0.29, 0.717) is 6.04 Å². The maximum atomic E-state index is 9.80. The SMILES string of the molecule is CCCN(CCCC(CC)(CO)NC1CC1)CC1CC1. The van der Waals surface area contributed by atoms with E-state index >= 15 is 0 Å². The van der Waals surface area contributed by atoms with Crippen molar-refractivity contribution >= 4 is 0 Å². The molecule has 0 saturated heterocycles. The largest absolute Gasteiger partial charge is 0.394 e. The van der Waals surface area contributed by atoms with E-state index in [1.54, 1.807) is 0 Å². The monoisotopic (exact) mass is 282 g/mol. The van der Waals surface area contributed by atoms with Crippen molar-refractivity contribution in [2.45, 2.75) is 76.8 Å². The molecule has 3 heteroatoms. The molecular weight excluding hydrogens is 248 g/mol. The number of nitrogens with one attached hydrogen (secondary N) is 1. The summed E-state index contributed by atoms with van der Waals surface area (Å²) >= 11 is 0. The second kappa shape index (κ2) is 7.77. The molecule has 0 bridgehead atoms. The average Bonchev–Trinajstić information content (AvgIpc) is 3.33. The highest BCUT2D eigenvalue weighted by Crippen LogP contribution is 2.30. The van der Waals surface area contributed by atoms with Crippen LogP contribution in [0.1, 0.15) is 65.2 Å². The second-order valence-electron chi connectivity index (χ2n) is 7.06. The van der Waals surface area contributed by atoms with E-state index < -0.39 is 0 Å². The maximum absolute atomic E-state index is 9.80. The van der Waals surface area contributed by atoms with Crippen LogP contribution in [0, 0.1) is 5.92 Å². The normalized spacial score (nSPS) is 22.2. The highest BCUT2D eigenvalue weighted by atomic mass is 16.3. The summed E-state index contributed by atoms with van der Waals surface area (Å²) in [6.07, 6.45) is 10.1. The zero-order chi connectivity index (χ0) is 14.4. The van der Waals surface area contributed by atoms with Crippen molar-refractivity contribution in [2.75, 3.05) is 26.2 Å². The molecule has 2 saturated carbocycles. The molecule has 0 aliphatic heterocycles. The molecule has 3 nitrogen and oxygen atoms in total. The minimum Gasteiger partial charge on any atom is -0.394 e. The first-order chi connectivity index (χ1) is 9.71. The van der Waals surface area contributed by atoms with Gasteiger partial charge in [-0.2, -0.15) is 0 Å². The molecule has 2 rings (SSSR count). The van der Waals surface area contributed by atoms with Crippen LogP contribution in [0.5, 0.6) is 0 Å². The molecule has 2 fully saturated rings. The molecule has 118 valence electrons. The predicted octanol–water partition coefficient (Wildman–Crippen LogP) is 2.78. The van der Waals surface area contributed by atoms with Crippen LogP contribution in [-0.4, -0.2) is 47.8 Å². The summed E-state index contributed by atoms with van der Waals surface area (Å²) in [5.41, 5.74) is -0.0152. The molecular formula is C17H34N2O. The Bertz CT molecular complexity index is 270. The van der Waals surface area contributed by atoms with Crippen LogP contribution in [0.2, 0.25) is 0 Å². The Kier molecular flexibility index (Phi) is 6.31. The lowest BCUT2D eigenvalue weighted by atomic mass is 9.91. The van der Waals surface area contributed by atoms with Gasteiger partial charge < -0.3 is 15.3 Å². The molecule has 2 N–H and O–H groups in total. The number of rotatable bonds is 12. The molecule has 0 aromatic carbocycles. The van der Waals surface area contributed by atoms with Gasteiger partial charge in [-0.1, -0.05) is 13.8 Å². The fraction of sp³-hybridized carbons (Fsp3) is 1.00. The number of hydrogen-bond donors (Lipinski definition) is 2. The first-order valence-electron chi connectivity index (χ1n) is 8.82. The predicted molar refractivity (Wildman–Crippen MR) is 85.0 cm³/mol. The topological polar surface area (TPSA) is 35.5 Å². The molecule has 2 aliphatic rings. The van der Waals surface area contributed by atoms with E-state index in [1.807, 2.05) is 0 Å². The third-order valence-electron chi connectivity index (χ3n) is 4.95. The summed E-state index contributed by atoms with van der Waals surface area (Å²) in [4.78, 5) is 2.65. The van der Waals surface area contributed by atoms with Crippen molar-refractivity contribution in [1.29, 1.82) is 0 Å². The molecule has 20 heavy (non-hydrogen) atoms. The molecule has 0 heterocycles. The summed E-state index contributed by atoms with van der Waals surface area (Å²) < 4.78 is 0. The number of nitrogens with zero attached hydrogens (tertiary/aromatic N) is 1. The van der Waals surface area contributed by atoms with Crippen molar-refractivity contribution in [3.63, 3.8) is 0 Å². The summed E-state index contributed by atoms with van der Waals surface area (Å²) in [5.74, 6) is 0.986. The van der Waals surface area contributed by atoms with E-state index in [1.165, 1.54) is 58.2 Å². The Morgan fingerprint density at radius 1 is 1.15 bits per heavy atom. The van der Waals surface area contributed by atoms with E-state index in [4.69, 9.17) is 0 Å². The van der Waals surface area contributed by atoms with Crippen LogP contribution in [-0.2, 0) is 0 Å². The Morgan fingerprint density at radius 2 is 1.90 bits per heavy atom. The highest BCUT2D eigenvalue weighted by molar-refractivity contribution is 4.94. The molecule has 0 aromatic rings. The second-order valence-corrected chi connectivity index (χ2v) is 7.06. The van der Waals surface area contributed by atoms with E-state index in [2.05, 4.69) is 24.1 Å². The van der Waals surface area contributed by atoms with E-state index in [0.717, 1.165) is 18.8 Å². The summed E-state index contributed by atoms with van der Waals surface area (Å²) in [6, 6.07) is 0.681. The van der Waals surface area contributed by atoms with Crippen LogP contribution in [0.4, 0.5) is 0 Å². The molecule has 1 atom stereocenters. The summed E-state index contributed by atoms with van der Waals surface area (Å²) in [5, 5.41) is 13.5. The number of aliphatic hydroxyl groups is 1. The standard InChI is InChI=1S/C17H34N2O/c1-3-11-19(13-15-6-7-15)12-5-10-17(4-2,14-20)18-16-8-9-16/h15-16,18,20H,3-14H2,1-2H3. The van der Waals surface area contributed by atoms with E-state index in [-0.39, 0.29) is 12.1 Å². The Hall–Kier alpha value is -0.120. The van der Waals surface area contributed by atoms with Crippen molar-refractivity contribution < 1.29 is 5.11 Å². The Balaban J connectivity index is 1.71. The van der Waals surface area contributed by atoms with E-state index in [9.17, 15) is 5.11 Å². The van der Waals surface area contributed by atoms with Gasteiger partial charge in [0, 0.05) is 18.1 Å². The molecule has 2 aliphatic carbocycles. The zero-order valence-electron chi connectivity index (χ0n) is 13.5. The maximum Gasteiger partial charge on any atom is 0.0613 e. The van der Waals surface area contributed by atoms with Crippen LogP contribution in [0.25, 0.3) is 0 Å². The van der Waals surface area contributed by atoms with Crippen LogP contribution < -0.4 is 5.32 Å². The van der Waals surface area contributed by atoms with Crippen LogP contribution >= 0.6 is 0 Å². The van der Waals surface area contributed by atoms with Crippen molar-refractivity contribution in [2.24, 2.45) is 5.92 Å². The van der Waals surface area contributed by atoms with Gasteiger partial charge in [-0.3, -0.25) is 0 Å². The van der Waals surface area contributed by atoms with Gasteiger partial charge in [0.1, 0.15) is 0 Å². The number of hydrogen-bond acceptors (Lipinski definition) is 3. The first-order valence-corrected chi connectivity index (χ1v) is 8.82. The van der Waals surface area contributed by atoms with Crippen molar-refractivity contribution in [3.05, 3.63) is 0 Å². The molecule has 0 aromatic heterocycles. The van der Waals surface area contributed by atoms with Gasteiger partial charge in [0.2, 0.25) is 0 Å². The summed E-state index contributed by atoms with van der Waals surface area (Å²) in [7, 11) is 0. The average molecular weight is 282 g/mol. The quantitative estimate of drug-likeness (QED) is 0.578. The van der Waals surface area contributed by atoms with Crippen LogP contribution in [0.15, 0.2) is 0 Å². The first kappa shape index (κ1) is 16.3. The Labute approximate surface area is 125 Å². The lowest BCUT2D eigenvalue weighted by Crippen LogP contribution is -2.49. The fourth-order valence-corrected chi connectivity index (χ4v) is 3.17. The molecule has 1 unspecified atom stereocenters. The van der Waals surface area contributed by atoms with Gasteiger partial charge in [-0.25, -0.2) is 0 Å². The van der Waals surface area contributed by atoms with Gasteiger partial charge in [-0.05, 0) is 70.4 Å².